The Labute approximate surface area is 205 Å². The third-order valence-corrected chi connectivity index (χ3v) is 5.24. The fourth-order valence-electron chi connectivity index (χ4n) is 3.35. The van der Waals surface area contributed by atoms with Gasteiger partial charge in [0, 0.05) is 11.4 Å². The van der Waals surface area contributed by atoms with E-state index < -0.39 is 12.1 Å². The summed E-state index contributed by atoms with van der Waals surface area (Å²) in [4.78, 5) is 21.0. The average molecular weight is 500 g/mol. The monoisotopic (exact) mass is 499 g/mol. The summed E-state index contributed by atoms with van der Waals surface area (Å²) in [7, 11) is 0. The van der Waals surface area contributed by atoms with Gasteiger partial charge in [0.25, 0.3) is 0 Å². The molecule has 182 valence electrons. The molecule has 0 spiro atoms. The quantitative estimate of drug-likeness (QED) is 0.338. The molecule has 12 heteroatoms. The SMILES string of the molecule is N#Cc1ccc(Nc2nnc(C(=O)Nc3ccc(OC4CCCCC4)cc3)o2)cc1Cl.O=C(O)O. The number of ether oxygens (including phenoxy) is 1. The number of nitriles is 1. The maximum absolute atomic E-state index is 12.4. The average Bonchev–Trinajstić information content (AvgIpc) is 3.29. The smallest absolute Gasteiger partial charge is 0.490 e. The summed E-state index contributed by atoms with van der Waals surface area (Å²) in [6, 6.07) is 14.0. The third kappa shape index (κ3) is 7.90. The summed E-state index contributed by atoms with van der Waals surface area (Å²) >= 11 is 6.01. The Morgan fingerprint density at radius 2 is 1.71 bits per heavy atom. The molecule has 1 fully saturated rings. The second kappa shape index (κ2) is 12.2. The van der Waals surface area contributed by atoms with Crippen molar-refractivity contribution >= 4 is 41.1 Å². The molecule has 1 amide bonds. The minimum absolute atomic E-state index is 0.0298. The first-order chi connectivity index (χ1) is 16.8. The molecule has 35 heavy (non-hydrogen) atoms. The minimum atomic E-state index is -1.83. The topological polar surface area (TPSA) is 171 Å². The summed E-state index contributed by atoms with van der Waals surface area (Å²) in [5, 5.41) is 36.3. The minimum Gasteiger partial charge on any atom is -0.490 e. The largest absolute Gasteiger partial charge is 0.503 e. The van der Waals surface area contributed by atoms with Crippen LogP contribution in [0.4, 0.5) is 22.2 Å². The van der Waals surface area contributed by atoms with Gasteiger partial charge in [-0.05, 0) is 68.1 Å². The molecule has 0 bridgehead atoms. The molecular weight excluding hydrogens is 478 g/mol. The number of aromatic nitrogens is 2. The van der Waals surface area contributed by atoms with E-state index in [4.69, 9.17) is 41.0 Å². The van der Waals surface area contributed by atoms with Gasteiger partial charge in [0.15, 0.2) is 0 Å². The summed E-state index contributed by atoms with van der Waals surface area (Å²) in [5.41, 5.74) is 1.49. The van der Waals surface area contributed by atoms with Gasteiger partial charge in [-0.1, -0.05) is 23.1 Å². The van der Waals surface area contributed by atoms with Crippen molar-refractivity contribution in [3.63, 3.8) is 0 Å². The Kier molecular flexibility index (Phi) is 8.86. The summed E-state index contributed by atoms with van der Waals surface area (Å²) < 4.78 is 11.4. The van der Waals surface area contributed by atoms with Crippen molar-refractivity contribution in [2.24, 2.45) is 0 Å². The molecule has 0 saturated heterocycles. The molecular formula is C23H22ClN5O6. The van der Waals surface area contributed by atoms with Gasteiger partial charge in [-0.3, -0.25) is 4.79 Å². The Morgan fingerprint density at radius 1 is 1.06 bits per heavy atom. The van der Waals surface area contributed by atoms with Gasteiger partial charge in [-0.15, -0.1) is 5.10 Å². The van der Waals surface area contributed by atoms with E-state index >= 15 is 0 Å². The highest BCUT2D eigenvalue weighted by Gasteiger charge is 2.17. The van der Waals surface area contributed by atoms with Gasteiger partial charge in [0.05, 0.1) is 16.7 Å². The fraction of sp³-hybridized carbons (Fsp3) is 0.261. The summed E-state index contributed by atoms with van der Waals surface area (Å²) in [6.45, 7) is 0. The second-order valence-corrected chi connectivity index (χ2v) is 7.89. The lowest BCUT2D eigenvalue weighted by Crippen LogP contribution is -2.19. The second-order valence-electron chi connectivity index (χ2n) is 7.48. The molecule has 1 saturated carbocycles. The van der Waals surface area contributed by atoms with Crippen LogP contribution in [0.5, 0.6) is 5.75 Å². The van der Waals surface area contributed by atoms with Crippen molar-refractivity contribution in [3.05, 3.63) is 58.9 Å². The van der Waals surface area contributed by atoms with E-state index in [1.165, 1.54) is 19.3 Å². The molecule has 1 heterocycles. The molecule has 3 aromatic rings. The van der Waals surface area contributed by atoms with Gasteiger partial charge in [0.2, 0.25) is 0 Å². The van der Waals surface area contributed by atoms with Crippen molar-refractivity contribution in [3.8, 4) is 11.8 Å². The predicted octanol–water partition coefficient (Wildman–Crippen LogP) is 5.52. The van der Waals surface area contributed by atoms with Crippen LogP contribution in [0.15, 0.2) is 46.9 Å². The van der Waals surface area contributed by atoms with Crippen LogP contribution in [0.2, 0.25) is 5.02 Å². The van der Waals surface area contributed by atoms with E-state index in [0.717, 1.165) is 18.6 Å². The van der Waals surface area contributed by atoms with Crippen LogP contribution in [0.25, 0.3) is 0 Å². The number of hydrogen-bond acceptors (Lipinski definition) is 8. The number of amides is 1. The number of rotatable bonds is 6. The van der Waals surface area contributed by atoms with Crippen LogP contribution in [-0.4, -0.2) is 38.6 Å². The van der Waals surface area contributed by atoms with Gasteiger partial charge >= 0.3 is 24.0 Å². The summed E-state index contributed by atoms with van der Waals surface area (Å²) in [5.74, 6) is 0.0689. The first-order valence-corrected chi connectivity index (χ1v) is 11.0. The molecule has 0 unspecified atom stereocenters. The van der Waals surface area contributed by atoms with Crippen molar-refractivity contribution < 1.29 is 29.0 Å². The van der Waals surface area contributed by atoms with E-state index in [1.54, 1.807) is 30.3 Å². The van der Waals surface area contributed by atoms with Crippen molar-refractivity contribution in [2.45, 2.75) is 38.2 Å². The number of anilines is 3. The lowest BCUT2D eigenvalue weighted by molar-refractivity contribution is 0.0990. The van der Waals surface area contributed by atoms with Crippen LogP contribution >= 0.6 is 11.6 Å². The standard InChI is InChI=1S/C22H20ClN5O3.CH2O3/c23-19-12-16(7-6-14(19)13-24)26-22-28-27-21(31-22)20(29)25-15-8-10-18(11-9-15)30-17-4-2-1-3-5-17;2-1(3)4/h6-12,17H,1-5H2,(H,25,29)(H,26,28);(H2,2,3,4). The lowest BCUT2D eigenvalue weighted by atomic mass is 9.98. The number of carboxylic acid groups (broad SMARTS) is 2. The van der Waals surface area contributed by atoms with Crippen LogP contribution in [-0.2, 0) is 0 Å². The number of nitrogens with zero attached hydrogens (tertiary/aromatic N) is 3. The van der Waals surface area contributed by atoms with E-state index in [1.807, 2.05) is 18.2 Å². The highest BCUT2D eigenvalue weighted by molar-refractivity contribution is 6.32. The number of halogens is 1. The van der Waals surface area contributed by atoms with Crippen LogP contribution in [0, 0.1) is 11.3 Å². The number of carbonyl (C=O) groups excluding carboxylic acids is 1. The van der Waals surface area contributed by atoms with Gasteiger partial charge in [-0.25, -0.2) is 4.79 Å². The third-order valence-electron chi connectivity index (χ3n) is 4.93. The Hall–Kier alpha value is -4.30. The molecule has 4 rings (SSSR count). The van der Waals surface area contributed by atoms with Crippen molar-refractivity contribution in [1.82, 2.24) is 10.2 Å². The Morgan fingerprint density at radius 3 is 2.34 bits per heavy atom. The maximum Gasteiger partial charge on any atom is 0.503 e. The molecule has 1 aliphatic carbocycles. The molecule has 0 aliphatic heterocycles. The van der Waals surface area contributed by atoms with E-state index in [2.05, 4.69) is 20.8 Å². The number of nitrogens with one attached hydrogen (secondary N) is 2. The normalized spacial score (nSPS) is 13.0. The zero-order valence-electron chi connectivity index (χ0n) is 18.4. The molecule has 0 radical (unpaired) electrons. The summed E-state index contributed by atoms with van der Waals surface area (Å²) in [6.07, 6.45) is 4.29. The molecule has 1 aromatic heterocycles. The Bertz CT molecular complexity index is 1200. The zero-order valence-corrected chi connectivity index (χ0v) is 19.2. The van der Waals surface area contributed by atoms with E-state index in [0.29, 0.717) is 22.0 Å². The van der Waals surface area contributed by atoms with E-state index in [9.17, 15) is 4.79 Å². The van der Waals surface area contributed by atoms with Crippen molar-refractivity contribution in [2.75, 3.05) is 10.6 Å². The van der Waals surface area contributed by atoms with Gasteiger partial charge < -0.3 is 30.0 Å². The molecule has 0 atom stereocenters. The van der Waals surface area contributed by atoms with Crippen molar-refractivity contribution in [1.29, 1.82) is 5.26 Å². The molecule has 2 aromatic carbocycles. The first kappa shape index (κ1) is 25.3. The zero-order chi connectivity index (χ0) is 25.2. The number of carbonyl (C=O) groups is 2. The van der Waals surface area contributed by atoms with Gasteiger partial charge in [0.1, 0.15) is 11.8 Å². The van der Waals surface area contributed by atoms with E-state index in [-0.39, 0.29) is 18.0 Å². The Balaban J connectivity index is 0.000000795. The molecule has 1 aliphatic rings. The first-order valence-electron chi connectivity index (χ1n) is 10.6. The maximum atomic E-state index is 12.4. The number of benzene rings is 2. The van der Waals surface area contributed by atoms with Crippen LogP contribution in [0.3, 0.4) is 0 Å². The van der Waals surface area contributed by atoms with Gasteiger partial charge in [-0.2, -0.15) is 5.26 Å². The highest BCUT2D eigenvalue weighted by atomic mass is 35.5. The van der Waals surface area contributed by atoms with Crippen LogP contribution in [0.1, 0.15) is 48.4 Å². The fourth-order valence-corrected chi connectivity index (χ4v) is 3.57. The molecule has 11 nitrogen and oxygen atoms in total. The molecule has 4 N–H and O–H groups in total. The lowest BCUT2D eigenvalue weighted by Gasteiger charge is -2.23. The van der Waals surface area contributed by atoms with Crippen LogP contribution < -0.4 is 15.4 Å². The predicted molar refractivity (Wildman–Crippen MR) is 126 cm³/mol. The highest BCUT2D eigenvalue weighted by Crippen LogP contribution is 2.25. The number of hydrogen-bond donors (Lipinski definition) is 4.